The second kappa shape index (κ2) is 15.8. The lowest BCUT2D eigenvalue weighted by Gasteiger charge is -2.14. The molecule has 0 radical (unpaired) electrons. The number of ether oxygens (including phenoxy) is 2. The van der Waals surface area contributed by atoms with E-state index in [1.54, 1.807) is 24.3 Å². The summed E-state index contributed by atoms with van der Waals surface area (Å²) in [7, 11) is 0. The van der Waals surface area contributed by atoms with Crippen LogP contribution in [0.5, 0.6) is 0 Å². The zero-order chi connectivity index (χ0) is 25.4. The SMILES string of the molecule is NCCOCCOCCNC(=O)c1ccc(Nc2nc(NCCCO)nc(NC3CCCC3)n2)cc1. The molecule has 2 aromatic rings. The zero-order valence-electron chi connectivity index (χ0n) is 20.7. The summed E-state index contributed by atoms with van der Waals surface area (Å²) in [5.41, 5.74) is 6.63. The van der Waals surface area contributed by atoms with Crippen LogP contribution in [0.1, 0.15) is 42.5 Å². The highest BCUT2D eigenvalue weighted by Gasteiger charge is 2.17. The van der Waals surface area contributed by atoms with Gasteiger partial charge < -0.3 is 41.6 Å². The predicted octanol–water partition coefficient (Wildman–Crippen LogP) is 1.49. The first-order chi connectivity index (χ1) is 17.7. The van der Waals surface area contributed by atoms with Crippen molar-refractivity contribution in [1.29, 1.82) is 0 Å². The van der Waals surface area contributed by atoms with Crippen LogP contribution in [0.25, 0.3) is 0 Å². The van der Waals surface area contributed by atoms with Crippen molar-refractivity contribution in [2.24, 2.45) is 5.73 Å². The Morgan fingerprint density at radius 1 is 0.944 bits per heavy atom. The van der Waals surface area contributed by atoms with Gasteiger partial charge in [0.2, 0.25) is 17.8 Å². The van der Waals surface area contributed by atoms with Crippen LogP contribution < -0.4 is 27.0 Å². The van der Waals surface area contributed by atoms with E-state index in [0.717, 1.165) is 18.5 Å². The first-order valence-corrected chi connectivity index (χ1v) is 12.6. The summed E-state index contributed by atoms with van der Waals surface area (Å²) in [5.74, 6) is 1.16. The molecule has 12 nitrogen and oxygen atoms in total. The number of anilines is 4. The normalized spacial score (nSPS) is 13.5. The molecule has 198 valence electrons. The fourth-order valence-electron chi connectivity index (χ4n) is 3.69. The van der Waals surface area contributed by atoms with Gasteiger partial charge in [-0.25, -0.2) is 0 Å². The first kappa shape index (κ1) is 27.5. The van der Waals surface area contributed by atoms with Crippen molar-refractivity contribution < 1.29 is 19.4 Å². The Labute approximate surface area is 211 Å². The number of hydrogen-bond donors (Lipinski definition) is 6. The Morgan fingerprint density at radius 3 is 2.36 bits per heavy atom. The molecule has 12 heteroatoms. The predicted molar refractivity (Wildman–Crippen MR) is 139 cm³/mol. The maximum absolute atomic E-state index is 12.4. The van der Waals surface area contributed by atoms with Crippen molar-refractivity contribution in [3.05, 3.63) is 29.8 Å². The number of rotatable bonds is 17. The third-order valence-electron chi connectivity index (χ3n) is 5.51. The Morgan fingerprint density at radius 2 is 1.64 bits per heavy atom. The summed E-state index contributed by atoms with van der Waals surface area (Å²) in [6.07, 6.45) is 5.19. The third kappa shape index (κ3) is 9.90. The summed E-state index contributed by atoms with van der Waals surface area (Å²) in [5, 5.41) is 21.6. The maximum Gasteiger partial charge on any atom is 0.251 e. The lowest BCUT2D eigenvalue weighted by Crippen LogP contribution is -2.27. The molecule has 0 saturated heterocycles. The van der Waals surface area contributed by atoms with E-state index in [9.17, 15) is 4.79 Å². The van der Waals surface area contributed by atoms with E-state index in [1.165, 1.54) is 12.8 Å². The van der Waals surface area contributed by atoms with Gasteiger partial charge in [-0.05, 0) is 43.5 Å². The lowest BCUT2D eigenvalue weighted by molar-refractivity contribution is 0.0511. The van der Waals surface area contributed by atoms with Gasteiger partial charge in [-0.15, -0.1) is 0 Å². The van der Waals surface area contributed by atoms with Gasteiger partial charge in [-0.2, -0.15) is 15.0 Å². The van der Waals surface area contributed by atoms with Crippen molar-refractivity contribution in [2.75, 3.05) is 68.6 Å². The molecule has 1 aliphatic rings. The number of carbonyl (C=O) groups excluding carboxylic acids is 1. The lowest BCUT2D eigenvalue weighted by atomic mass is 10.2. The molecule has 1 heterocycles. The van der Waals surface area contributed by atoms with Gasteiger partial charge in [0, 0.05) is 43.5 Å². The number of aromatic nitrogens is 3. The molecular weight excluding hydrogens is 464 g/mol. The fraction of sp³-hybridized carbons (Fsp3) is 0.583. The van der Waals surface area contributed by atoms with Crippen LogP contribution in [-0.2, 0) is 9.47 Å². The Kier molecular flexibility index (Phi) is 12.1. The van der Waals surface area contributed by atoms with E-state index in [2.05, 4.69) is 36.2 Å². The minimum atomic E-state index is -0.178. The molecule has 0 aliphatic heterocycles. The van der Waals surface area contributed by atoms with E-state index < -0.39 is 0 Å². The average molecular weight is 503 g/mol. The molecule has 3 rings (SSSR count). The summed E-state index contributed by atoms with van der Waals surface area (Å²) in [6.45, 7) is 3.41. The van der Waals surface area contributed by atoms with Crippen molar-refractivity contribution in [3.63, 3.8) is 0 Å². The highest BCUT2D eigenvalue weighted by Crippen LogP contribution is 2.22. The number of carbonyl (C=O) groups is 1. The Bertz CT molecular complexity index is 909. The standard InChI is InChI=1S/C24H38N8O4/c25-10-14-35-16-17-36-15-12-26-21(34)18-6-8-20(9-7-18)29-24-31-22(27-11-3-13-33)30-23(32-24)28-19-4-1-2-5-19/h6-9,19,33H,1-5,10-17,25H2,(H,26,34)(H3,27,28,29,30,31,32). The molecule has 0 bridgehead atoms. The van der Waals surface area contributed by atoms with Gasteiger partial charge in [0.1, 0.15) is 0 Å². The van der Waals surface area contributed by atoms with Crippen molar-refractivity contribution in [3.8, 4) is 0 Å². The maximum atomic E-state index is 12.4. The second-order valence-corrected chi connectivity index (χ2v) is 8.41. The van der Waals surface area contributed by atoms with Gasteiger partial charge in [-0.1, -0.05) is 12.8 Å². The van der Waals surface area contributed by atoms with Crippen LogP contribution in [0.2, 0.25) is 0 Å². The summed E-state index contributed by atoms with van der Waals surface area (Å²) in [4.78, 5) is 25.8. The molecular formula is C24H38N8O4. The molecule has 7 N–H and O–H groups in total. The quantitative estimate of drug-likeness (QED) is 0.173. The van der Waals surface area contributed by atoms with Crippen LogP contribution in [0.3, 0.4) is 0 Å². The average Bonchev–Trinajstić information content (AvgIpc) is 3.39. The van der Waals surface area contributed by atoms with Crippen molar-refractivity contribution >= 4 is 29.4 Å². The van der Waals surface area contributed by atoms with E-state index in [4.69, 9.17) is 20.3 Å². The first-order valence-electron chi connectivity index (χ1n) is 12.6. The molecule has 36 heavy (non-hydrogen) atoms. The van der Waals surface area contributed by atoms with E-state index >= 15 is 0 Å². The topological polar surface area (TPSA) is 169 Å². The van der Waals surface area contributed by atoms with Crippen molar-refractivity contribution in [1.82, 2.24) is 20.3 Å². The fourth-order valence-corrected chi connectivity index (χ4v) is 3.69. The minimum Gasteiger partial charge on any atom is -0.396 e. The number of benzene rings is 1. The van der Waals surface area contributed by atoms with Gasteiger partial charge in [0.05, 0.1) is 26.4 Å². The van der Waals surface area contributed by atoms with E-state index in [0.29, 0.717) is 81.9 Å². The van der Waals surface area contributed by atoms with Crippen molar-refractivity contribution in [2.45, 2.75) is 38.1 Å². The highest BCUT2D eigenvalue weighted by molar-refractivity contribution is 5.94. The van der Waals surface area contributed by atoms with Gasteiger partial charge >= 0.3 is 0 Å². The van der Waals surface area contributed by atoms with Crippen LogP contribution in [-0.4, -0.2) is 84.7 Å². The number of nitrogens with zero attached hydrogens (tertiary/aromatic N) is 3. The summed E-state index contributed by atoms with van der Waals surface area (Å²) in [6, 6.07) is 7.43. The number of nitrogens with one attached hydrogen (secondary N) is 4. The number of aliphatic hydroxyl groups is 1. The molecule has 1 aliphatic carbocycles. The molecule has 1 aromatic heterocycles. The smallest absolute Gasteiger partial charge is 0.251 e. The summed E-state index contributed by atoms with van der Waals surface area (Å²) >= 11 is 0. The monoisotopic (exact) mass is 502 g/mol. The number of aliphatic hydroxyl groups excluding tert-OH is 1. The number of hydrogen-bond acceptors (Lipinski definition) is 11. The Balaban J connectivity index is 1.51. The summed E-state index contributed by atoms with van der Waals surface area (Å²) < 4.78 is 10.6. The third-order valence-corrected chi connectivity index (χ3v) is 5.51. The second-order valence-electron chi connectivity index (χ2n) is 8.41. The number of amides is 1. The molecule has 0 unspecified atom stereocenters. The van der Waals surface area contributed by atoms with E-state index in [1.807, 2.05) is 0 Å². The van der Waals surface area contributed by atoms with Crippen LogP contribution in [0, 0.1) is 0 Å². The molecule has 0 spiro atoms. The Hall–Kier alpha value is -3.06. The number of nitrogens with two attached hydrogens (primary N) is 1. The zero-order valence-corrected chi connectivity index (χ0v) is 20.7. The van der Waals surface area contributed by atoms with Crippen LogP contribution in [0.15, 0.2) is 24.3 Å². The largest absolute Gasteiger partial charge is 0.396 e. The van der Waals surface area contributed by atoms with Gasteiger partial charge in [-0.3, -0.25) is 4.79 Å². The minimum absolute atomic E-state index is 0.0908. The van der Waals surface area contributed by atoms with E-state index in [-0.39, 0.29) is 12.5 Å². The molecule has 1 aromatic carbocycles. The van der Waals surface area contributed by atoms with Gasteiger partial charge in [0.15, 0.2) is 0 Å². The molecule has 1 fully saturated rings. The van der Waals surface area contributed by atoms with Crippen LogP contribution in [0.4, 0.5) is 23.5 Å². The van der Waals surface area contributed by atoms with Gasteiger partial charge in [0.25, 0.3) is 5.91 Å². The van der Waals surface area contributed by atoms with Crippen LogP contribution >= 0.6 is 0 Å². The molecule has 0 atom stereocenters. The molecule has 1 amide bonds. The highest BCUT2D eigenvalue weighted by atomic mass is 16.5. The molecule has 1 saturated carbocycles.